The zero-order valence-electron chi connectivity index (χ0n) is 10.9. The zero-order valence-corrected chi connectivity index (χ0v) is 10.9. The van der Waals surface area contributed by atoms with Crippen LogP contribution in [0.25, 0.3) is 0 Å². The minimum atomic E-state index is -1.25. The van der Waals surface area contributed by atoms with Gasteiger partial charge in [0.1, 0.15) is 12.6 Å². The van der Waals surface area contributed by atoms with Crippen LogP contribution in [0.4, 0.5) is 0 Å². The van der Waals surface area contributed by atoms with Gasteiger partial charge in [0.15, 0.2) is 0 Å². The first-order valence-electron chi connectivity index (χ1n) is 5.71. The summed E-state index contributed by atoms with van der Waals surface area (Å²) in [5.41, 5.74) is 5.07. The molecule has 7 N–H and O–H groups in total. The van der Waals surface area contributed by atoms with E-state index in [9.17, 15) is 24.3 Å². The van der Waals surface area contributed by atoms with Crippen molar-refractivity contribution in [3.05, 3.63) is 0 Å². The maximum Gasteiger partial charge on any atom is 0.322 e. The molecule has 0 aliphatic carbocycles. The van der Waals surface area contributed by atoms with Gasteiger partial charge in [-0.05, 0) is 6.92 Å². The van der Waals surface area contributed by atoms with Gasteiger partial charge in [0.05, 0.1) is 19.2 Å². The zero-order chi connectivity index (χ0) is 15.7. The van der Waals surface area contributed by atoms with E-state index in [-0.39, 0.29) is 6.54 Å². The van der Waals surface area contributed by atoms with E-state index in [4.69, 9.17) is 10.8 Å². The van der Waals surface area contributed by atoms with Gasteiger partial charge < -0.3 is 31.9 Å². The van der Waals surface area contributed by atoms with Gasteiger partial charge in [-0.25, -0.2) is 0 Å². The molecule has 0 heterocycles. The highest BCUT2D eigenvalue weighted by molar-refractivity contribution is 5.91. The Balaban J connectivity index is 4.29. The summed E-state index contributed by atoms with van der Waals surface area (Å²) in [6.07, 6.45) is -1.19. The Morgan fingerprint density at radius 1 is 1.10 bits per heavy atom. The van der Waals surface area contributed by atoms with Crippen LogP contribution in [0.1, 0.15) is 6.92 Å². The standard InChI is InChI=1S/C10H18N4O6/c1-5(15)9(14-6(16)2-11)10(20)13-3-7(17)12-4-8(18)19/h5,9,15H,2-4,11H2,1H3,(H,12,17)(H,13,20)(H,14,16)(H,18,19). The summed E-state index contributed by atoms with van der Waals surface area (Å²) in [5.74, 6) is -3.36. The monoisotopic (exact) mass is 290 g/mol. The van der Waals surface area contributed by atoms with Crippen molar-refractivity contribution in [2.75, 3.05) is 19.6 Å². The number of amides is 3. The molecule has 2 atom stereocenters. The molecule has 2 unspecified atom stereocenters. The van der Waals surface area contributed by atoms with Crippen LogP contribution >= 0.6 is 0 Å². The topological polar surface area (TPSA) is 171 Å². The summed E-state index contributed by atoms with van der Waals surface area (Å²) >= 11 is 0. The van der Waals surface area contributed by atoms with Gasteiger partial charge in [-0.3, -0.25) is 19.2 Å². The van der Waals surface area contributed by atoms with Crippen LogP contribution in [-0.4, -0.2) is 65.7 Å². The van der Waals surface area contributed by atoms with Crippen molar-refractivity contribution in [2.24, 2.45) is 5.73 Å². The van der Waals surface area contributed by atoms with Gasteiger partial charge in [-0.2, -0.15) is 0 Å². The summed E-state index contributed by atoms with van der Waals surface area (Å²) in [7, 11) is 0. The molecule has 0 aromatic carbocycles. The molecule has 0 aromatic heterocycles. The number of nitrogens with two attached hydrogens (primary N) is 1. The fourth-order valence-corrected chi connectivity index (χ4v) is 1.15. The molecule has 20 heavy (non-hydrogen) atoms. The van der Waals surface area contributed by atoms with E-state index < -0.39 is 48.9 Å². The first kappa shape index (κ1) is 17.8. The van der Waals surface area contributed by atoms with E-state index in [0.29, 0.717) is 0 Å². The highest BCUT2D eigenvalue weighted by Crippen LogP contribution is 1.93. The van der Waals surface area contributed by atoms with Crippen molar-refractivity contribution in [1.82, 2.24) is 16.0 Å². The molecule has 10 heteroatoms. The molecule has 0 spiro atoms. The smallest absolute Gasteiger partial charge is 0.322 e. The Morgan fingerprint density at radius 2 is 1.70 bits per heavy atom. The van der Waals surface area contributed by atoms with Gasteiger partial charge >= 0.3 is 5.97 Å². The molecule has 0 aliphatic heterocycles. The van der Waals surface area contributed by atoms with Crippen molar-refractivity contribution < 1.29 is 29.4 Å². The van der Waals surface area contributed by atoms with E-state index in [1.54, 1.807) is 0 Å². The number of hydrogen-bond acceptors (Lipinski definition) is 6. The normalized spacial score (nSPS) is 12.9. The van der Waals surface area contributed by atoms with Crippen molar-refractivity contribution in [3.8, 4) is 0 Å². The number of carbonyl (C=O) groups is 4. The SMILES string of the molecule is CC(O)C(NC(=O)CN)C(=O)NCC(=O)NCC(=O)O. The molecule has 114 valence electrons. The Labute approximate surface area is 114 Å². The van der Waals surface area contributed by atoms with Crippen molar-refractivity contribution in [1.29, 1.82) is 0 Å². The van der Waals surface area contributed by atoms with Crippen molar-refractivity contribution in [2.45, 2.75) is 19.1 Å². The van der Waals surface area contributed by atoms with Crippen LogP contribution in [0.15, 0.2) is 0 Å². The molecule has 0 rings (SSSR count). The lowest BCUT2D eigenvalue weighted by molar-refractivity contribution is -0.138. The average Bonchev–Trinajstić information content (AvgIpc) is 2.38. The number of carbonyl (C=O) groups excluding carboxylic acids is 3. The molecule has 0 aromatic rings. The molecule has 0 bridgehead atoms. The summed E-state index contributed by atoms with van der Waals surface area (Å²) in [4.78, 5) is 44.1. The third kappa shape index (κ3) is 7.28. The summed E-state index contributed by atoms with van der Waals surface area (Å²) in [6.45, 7) is -0.118. The van der Waals surface area contributed by atoms with Crippen molar-refractivity contribution >= 4 is 23.7 Å². The fourth-order valence-electron chi connectivity index (χ4n) is 1.15. The van der Waals surface area contributed by atoms with Crippen LogP contribution in [0.5, 0.6) is 0 Å². The Hall–Kier alpha value is -2.20. The maximum absolute atomic E-state index is 11.7. The first-order valence-corrected chi connectivity index (χ1v) is 5.71. The Morgan fingerprint density at radius 3 is 2.15 bits per heavy atom. The lowest BCUT2D eigenvalue weighted by Crippen LogP contribution is -2.54. The predicted octanol–water partition coefficient (Wildman–Crippen LogP) is -3.87. The molecular formula is C10H18N4O6. The minimum Gasteiger partial charge on any atom is -0.480 e. The number of carboxylic acids is 1. The van der Waals surface area contributed by atoms with Crippen LogP contribution in [0, 0.1) is 0 Å². The number of aliphatic hydroxyl groups excluding tert-OH is 1. The predicted molar refractivity (Wildman–Crippen MR) is 66.3 cm³/mol. The summed E-state index contributed by atoms with van der Waals surface area (Å²) in [6, 6.07) is -1.25. The quantitative estimate of drug-likeness (QED) is 0.265. The highest BCUT2D eigenvalue weighted by Gasteiger charge is 2.25. The number of aliphatic hydroxyl groups is 1. The van der Waals surface area contributed by atoms with Crippen molar-refractivity contribution in [3.63, 3.8) is 0 Å². The van der Waals surface area contributed by atoms with Gasteiger partial charge in [0.25, 0.3) is 0 Å². The molecular weight excluding hydrogens is 272 g/mol. The second-order valence-electron chi connectivity index (χ2n) is 3.88. The number of hydrogen-bond donors (Lipinski definition) is 6. The third-order valence-corrected chi connectivity index (χ3v) is 2.13. The highest BCUT2D eigenvalue weighted by atomic mass is 16.4. The van der Waals surface area contributed by atoms with E-state index in [1.165, 1.54) is 6.92 Å². The molecule has 0 fully saturated rings. The molecule has 0 radical (unpaired) electrons. The molecule has 3 amide bonds. The lowest BCUT2D eigenvalue weighted by atomic mass is 10.1. The molecule has 0 saturated heterocycles. The number of rotatable bonds is 8. The third-order valence-electron chi connectivity index (χ3n) is 2.13. The Kier molecular flexibility index (Phi) is 7.85. The second-order valence-corrected chi connectivity index (χ2v) is 3.88. The maximum atomic E-state index is 11.7. The van der Waals surface area contributed by atoms with Gasteiger partial charge in [0.2, 0.25) is 17.7 Å². The van der Waals surface area contributed by atoms with Gasteiger partial charge in [0, 0.05) is 0 Å². The van der Waals surface area contributed by atoms with E-state index in [1.807, 2.05) is 5.32 Å². The van der Waals surface area contributed by atoms with Crippen LogP contribution in [0.3, 0.4) is 0 Å². The van der Waals surface area contributed by atoms with Gasteiger partial charge in [-0.1, -0.05) is 0 Å². The number of nitrogens with one attached hydrogen (secondary N) is 3. The molecule has 0 aliphatic rings. The Bertz CT molecular complexity index is 384. The lowest BCUT2D eigenvalue weighted by Gasteiger charge is -2.20. The van der Waals surface area contributed by atoms with Crippen LogP contribution in [0.2, 0.25) is 0 Å². The second kappa shape index (κ2) is 8.82. The summed E-state index contributed by atoms with van der Waals surface area (Å²) in [5, 5.41) is 24.1. The average molecular weight is 290 g/mol. The minimum absolute atomic E-state index is 0.352. The van der Waals surface area contributed by atoms with E-state index >= 15 is 0 Å². The number of carboxylic acid groups (broad SMARTS) is 1. The number of aliphatic carboxylic acids is 1. The van der Waals surface area contributed by atoms with Gasteiger partial charge in [-0.15, -0.1) is 0 Å². The molecule has 10 nitrogen and oxygen atoms in total. The van der Waals surface area contributed by atoms with Crippen LogP contribution < -0.4 is 21.7 Å². The van der Waals surface area contributed by atoms with E-state index in [0.717, 1.165) is 0 Å². The van der Waals surface area contributed by atoms with Crippen LogP contribution in [-0.2, 0) is 19.2 Å². The first-order chi connectivity index (χ1) is 9.27. The van der Waals surface area contributed by atoms with E-state index in [2.05, 4.69) is 10.6 Å². The largest absolute Gasteiger partial charge is 0.480 e. The fraction of sp³-hybridized carbons (Fsp3) is 0.600. The summed E-state index contributed by atoms with van der Waals surface area (Å²) < 4.78 is 0. The molecule has 0 saturated carbocycles.